The van der Waals surface area contributed by atoms with Gasteiger partial charge in [0, 0.05) is 40.1 Å². The molecule has 1 aliphatic heterocycles. The van der Waals surface area contributed by atoms with E-state index in [0.717, 1.165) is 69.9 Å². The second kappa shape index (κ2) is 16.8. The molecule has 0 amide bonds. The van der Waals surface area contributed by atoms with Crippen molar-refractivity contribution in [3.63, 3.8) is 0 Å². The van der Waals surface area contributed by atoms with Gasteiger partial charge < -0.3 is 10.0 Å². The van der Waals surface area contributed by atoms with Gasteiger partial charge in [-0.25, -0.2) is 0 Å². The number of hydrogen-bond acceptors (Lipinski definition) is 4. The summed E-state index contributed by atoms with van der Waals surface area (Å²) in [6, 6.07) is 24.2. The minimum absolute atomic E-state index is 0.183. The number of benzene rings is 2. The Hall–Kier alpha value is -3.88. The molecule has 5 heteroatoms. The Morgan fingerprint density at radius 1 is 1.00 bits per heavy atom. The molecule has 1 atom stereocenters. The molecule has 2 aromatic carbocycles. The third-order valence-corrected chi connectivity index (χ3v) is 10.9. The Morgan fingerprint density at radius 2 is 1.70 bits per heavy atom. The number of allylic oxidation sites excluding steroid dienone is 5. The molecule has 1 aromatic heterocycles. The molecule has 47 heavy (non-hydrogen) atoms. The number of para-hydroxylation sites is 1. The summed E-state index contributed by atoms with van der Waals surface area (Å²) in [5.74, 6) is -0.740. The van der Waals surface area contributed by atoms with Crippen LogP contribution in [0.15, 0.2) is 102 Å². The Balaban J connectivity index is 1.83. The van der Waals surface area contributed by atoms with Crippen LogP contribution in [0.2, 0.25) is 0 Å². The number of carboxylic acids is 1. The molecule has 2 heterocycles. The fraction of sp³-hybridized carbons (Fsp3) is 0.429. The first-order valence-corrected chi connectivity index (χ1v) is 18.3. The standard InChI is InChI=1S/C42H52N2O2S/c1-6-8-24-42(25-9-7-2)37-21-14-15-22-38(37)44(26-16-10-11-23-40(45)46)39(42)29-34(31-43)28-33(4)41(5,30-35-19-17-27-47-35)36-20-13-12-18-32(36)3/h12-15,17-22,27-29H,4,6-11,16,23-26,30H2,1-3,5H3,(H,45,46)/b34-28-,39-29-. The van der Waals surface area contributed by atoms with E-state index in [2.05, 4.69) is 117 Å². The van der Waals surface area contributed by atoms with Crippen LogP contribution in [0.4, 0.5) is 5.69 Å². The van der Waals surface area contributed by atoms with Crippen molar-refractivity contribution in [2.24, 2.45) is 0 Å². The molecule has 0 saturated carbocycles. The largest absolute Gasteiger partial charge is 0.481 e. The first kappa shape index (κ1) is 36.0. The summed E-state index contributed by atoms with van der Waals surface area (Å²) in [7, 11) is 0. The second-order valence-corrected chi connectivity index (χ2v) is 14.4. The molecule has 0 spiro atoms. The maximum Gasteiger partial charge on any atom is 0.303 e. The highest BCUT2D eigenvalue weighted by Crippen LogP contribution is 2.54. The summed E-state index contributed by atoms with van der Waals surface area (Å²) in [6.45, 7) is 14.4. The first-order chi connectivity index (χ1) is 22.7. The maximum absolute atomic E-state index is 11.2. The maximum atomic E-state index is 11.2. The van der Waals surface area contributed by atoms with Gasteiger partial charge in [0.15, 0.2) is 0 Å². The number of fused-ring (bicyclic) bond motifs is 1. The van der Waals surface area contributed by atoms with Crippen molar-refractivity contribution in [3.8, 4) is 6.07 Å². The van der Waals surface area contributed by atoms with Gasteiger partial charge in [-0.2, -0.15) is 5.26 Å². The Morgan fingerprint density at radius 3 is 2.34 bits per heavy atom. The van der Waals surface area contributed by atoms with E-state index in [1.807, 2.05) is 6.08 Å². The molecular weight excluding hydrogens is 597 g/mol. The number of unbranched alkanes of at least 4 members (excludes halogenated alkanes) is 4. The van der Waals surface area contributed by atoms with Crippen LogP contribution in [0.1, 0.15) is 107 Å². The lowest BCUT2D eigenvalue weighted by atomic mass is 9.70. The zero-order chi connectivity index (χ0) is 33.9. The van der Waals surface area contributed by atoms with E-state index in [1.165, 1.54) is 33.0 Å². The molecule has 0 fully saturated rings. The topological polar surface area (TPSA) is 64.3 Å². The minimum atomic E-state index is -0.740. The molecule has 0 radical (unpaired) electrons. The van der Waals surface area contributed by atoms with Gasteiger partial charge >= 0.3 is 5.97 Å². The minimum Gasteiger partial charge on any atom is -0.481 e. The second-order valence-electron chi connectivity index (χ2n) is 13.3. The number of nitriles is 1. The van der Waals surface area contributed by atoms with Gasteiger partial charge in [0.2, 0.25) is 0 Å². The Kier molecular flexibility index (Phi) is 12.9. The van der Waals surface area contributed by atoms with Gasteiger partial charge in [0.1, 0.15) is 0 Å². The third-order valence-electron chi connectivity index (χ3n) is 9.99. The smallest absolute Gasteiger partial charge is 0.303 e. The number of rotatable bonds is 18. The van der Waals surface area contributed by atoms with Crippen LogP contribution in [0.3, 0.4) is 0 Å². The molecular formula is C42H52N2O2S. The lowest BCUT2D eigenvalue weighted by Crippen LogP contribution is -2.32. The molecule has 4 rings (SSSR count). The van der Waals surface area contributed by atoms with Gasteiger partial charge in [-0.05, 0) is 91.0 Å². The molecule has 3 aromatic rings. The SMILES string of the molecule is C=C(/C=C(C#N)/C=C1\N(CCCCCC(=O)O)c2ccccc2C1(CCCC)CCCC)C(C)(Cc1cccs1)c1ccccc1C. The van der Waals surface area contributed by atoms with Crippen LogP contribution in [-0.4, -0.2) is 17.6 Å². The van der Waals surface area contributed by atoms with Crippen molar-refractivity contribution in [3.05, 3.63) is 123 Å². The molecule has 1 aliphatic rings. The normalized spacial score (nSPS) is 16.1. The lowest BCUT2D eigenvalue weighted by molar-refractivity contribution is -0.137. The summed E-state index contributed by atoms with van der Waals surface area (Å²) in [5.41, 5.74) is 7.22. The van der Waals surface area contributed by atoms with Crippen LogP contribution in [-0.2, 0) is 22.0 Å². The van der Waals surface area contributed by atoms with Crippen molar-refractivity contribution in [2.75, 3.05) is 11.4 Å². The average molecular weight is 649 g/mol. The predicted octanol–water partition coefficient (Wildman–Crippen LogP) is 11.2. The fourth-order valence-electron chi connectivity index (χ4n) is 7.36. The van der Waals surface area contributed by atoms with Gasteiger partial charge in [0.05, 0.1) is 11.6 Å². The van der Waals surface area contributed by atoms with E-state index in [-0.39, 0.29) is 17.3 Å². The number of anilines is 1. The van der Waals surface area contributed by atoms with Crippen LogP contribution in [0.5, 0.6) is 0 Å². The van der Waals surface area contributed by atoms with E-state index in [4.69, 9.17) is 0 Å². The Bertz CT molecular complexity index is 1600. The van der Waals surface area contributed by atoms with Gasteiger partial charge in [-0.1, -0.05) is 108 Å². The molecule has 4 nitrogen and oxygen atoms in total. The summed E-state index contributed by atoms with van der Waals surface area (Å²) in [5, 5.41) is 22.0. The van der Waals surface area contributed by atoms with Crippen molar-refractivity contribution in [2.45, 2.75) is 109 Å². The van der Waals surface area contributed by atoms with Crippen LogP contribution >= 0.6 is 11.3 Å². The lowest BCUT2D eigenvalue weighted by Gasteiger charge is -2.35. The highest BCUT2D eigenvalue weighted by atomic mass is 32.1. The van der Waals surface area contributed by atoms with Crippen molar-refractivity contribution < 1.29 is 9.90 Å². The van der Waals surface area contributed by atoms with E-state index in [1.54, 1.807) is 11.3 Å². The zero-order valence-electron chi connectivity index (χ0n) is 28.9. The predicted molar refractivity (Wildman–Crippen MR) is 198 cm³/mol. The monoisotopic (exact) mass is 648 g/mol. The zero-order valence-corrected chi connectivity index (χ0v) is 29.7. The summed E-state index contributed by atoms with van der Waals surface area (Å²) < 4.78 is 0. The van der Waals surface area contributed by atoms with E-state index in [9.17, 15) is 15.2 Å². The number of thiophene rings is 1. The van der Waals surface area contributed by atoms with Crippen LogP contribution < -0.4 is 4.90 Å². The van der Waals surface area contributed by atoms with Crippen molar-refractivity contribution in [1.29, 1.82) is 5.26 Å². The van der Waals surface area contributed by atoms with E-state index >= 15 is 0 Å². The van der Waals surface area contributed by atoms with Crippen molar-refractivity contribution in [1.82, 2.24) is 0 Å². The molecule has 0 saturated heterocycles. The average Bonchev–Trinajstić information content (AvgIpc) is 3.66. The molecule has 1 unspecified atom stereocenters. The molecule has 1 N–H and O–H groups in total. The highest BCUT2D eigenvalue weighted by Gasteiger charge is 2.46. The summed E-state index contributed by atoms with van der Waals surface area (Å²) in [4.78, 5) is 14.9. The van der Waals surface area contributed by atoms with Gasteiger partial charge in [-0.15, -0.1) is 11.3 Å². The highest BCUT2D eigenvalue weighted by molar-refractivity contribution is 7.09. The summed E-state index contributed by atoms with van der Waals surface area (Å²) in [6.07, 6.45) is 14.1. The molecule has 0 bridgehead atoms. The fourth-order valence-corrected chi connectivity index (χ4v) is 8.22. The molecule has 0 aliphatic carbocycles. The van der Waals surface area contributed by atoms with Crippen molar-refractivity contribution >= 4 is 23.0 Å². The van der Waals surface area contributed by atoms with Crippen LogP contribution in [0, 0.1) is 18.3 Å². The molecule has 248 valence electrons. The van der Waals surface area contributed by atoms with Gasteiger partial charge in [-0.3, -0.25) is 4.79 Å². The number of carboxylic acid groups (broad SMARTS) is 1. The number of carbonyl (C=O) groups is 1. The van der Waals surface area contributed by atoms with Gasteiger partial charge in [0.25, 0.3) is 0 Å². The summed E-state index contributed by atoms with van der Waals surface area (Å²) >= 11 is 1.76. The third kappa shape index (κ3) is 8.35. The number of hydrogen-bond donors (Lipinski definition) is 1. The Labute approximate surface area is 287 Å². The first-order valence-electron chi connectivity index (χ1n) is 17.4. The number of nitrogens with zero attached hydrogens (tertiary/aromatic N) is 2. The quantitative estimate of drug-likeness (QED) is 0.0847. The number of aryl methyl sites for hydroxylation is 1. The van der Waals surface area contributed by atoms with Crippen LogP contribution in [0.25, 0.3) is 0 Å². The number of aliphatic carboxylic acids is 1. The van der Waals surface area contributed by atoms with E-state index < -0.39 is 5.97 Å². The van der Waals surface area contributed by atoms with E-state index in [0.29, 0.717) is 12.0 Å².